The van der Waals surface area contributed by atoms with E-state index in [1.807, 2.05) is 0 Å². The van der Waals surface area contributed by atoms with E-state index in [4.69, 9.17) is 0 Å². The number of halogens is 5. The van der Waals surface area contributed by atoms with Crippen molar-refractivity contribution in [1.29, 1.82) is 0 Å². The topological polar surface area (TPSA) is 59.4 Å². The molecule has 2 aromatic heterocycles. The molecule has 4 rings (SSSR count). The van der Waals surface area contributed by atoms with Gasteiger partial charge < -0.3 is 4.98 Å². The van der Waals surface area contributed by atoms with Gasteiger partial charge >= 0.3 is 6.18 Å². The number of rotatable bonds is 2. The van der Waals surface area contributed by atoms with Crippen molar-refractivity contribution in [3.05, 3.63) is 59.9 Å². The van der Waals surface area contributed by atoms with E-state index in [1.165, 1.54) is 18.2 Å². The summed E-state index contributed by atoms with van der Waals surface area (Å²) in [6.07, 6.45) is -3.34. The summed E-state index contributed by atoms with van der Waals surface area (Å²) in [5.41, 5.74) is -0.592. The molecule has 0 aliphatic carbocycles. The summed E-state index contributed by atoms with van der Waals surface area (Å²) < 4.78 is 67.1. The average molecular weight is 365 g/mol. The number of fused-ring (bicyclic) bond motifs is 1. The number of hydrogen-bond acceptors (Lipinski definition) is 3. The lowest BCUT2D eigenvalue weighted by molar-refractivity contribution is -0.137. The number of hydrogen-bond donors (Lipinski definition) is 1. The van der Waals surface area contributed by atoms with Crippen LogP contribution in [0.2, 0.25) is 0 Å². The van der Waals surface area contributed by atoms with Gasteiger partial charge in [0.15, 0.2) is 17.5 Å². The van der Waals surface area contributed by atoms with Gasteiger partial charge in [-0.1, -0.05) is 6.07 Å². The minimum Gasteiger partial charge on any atom is -0.335 e. The Balaban J connectivity index is 1.85. The lowest BCUT2D eigenvalue weighted by atomic mass is 10.2. The van der Waals surface area contributed by atoms with E-state index < -0.39 is 23.4 Å². The number of H-pyrrole nitrogens is 1. The SMILES string of the molecule is Fc1cccc(-n2cnnc2-c2nc3ccc(C(F)(F)F)cc3[nH]2)c1F. The first kappa shape index (κ1) is 16.2. The Morgan fingerprint density at radius 1 is 1.04 bits per heavy atom. The molecule has 2 aromatic carbocycles. The van der Waals surface area contributed by atoms with Gasteiger partial charge in [-0.2, -0.15) is 13.2 Å². The number of nitrogens with one attached hydrogen (secondary N) is 1. The standard InChI is InChI=1S/C16H8F5N5/c17-9-2-1-3-12(13(9)18)26-7-22-25-15(26)14-23-10-5-4-8(16(19,20)21)6-11(10)24-14/h1-7H,(H,23,24). The molecule has 0 spiro atoms. The summed E-state index contributed by atoms with van der Waals surface area (Å²) in [7, 11) is 0. The van der Waals surface area contributed by atoms with Crippen LogP contribution in [0.1, 0.15) is 5.56 Å². The largest absolute Gasteiger partial charge is 0.416 e. The zero-order chi connectivity index (χ0) is 18.5. The highest BCUT2D eigenvalue weighted by molar-refractivity contribution is 5.79. The average Bonchev–Trinajstić information content (AvgIpc) is 3.21. The Morgan fingerprint density at radius 3 is 2.62 bits per heavy atom. The molecule has 0 saturated carbocycles. The van der Waals surface area contributed by atoms with Gasteiger partial charge in [0.1, 0.15) is 6.33 Å². The summed E-state index contributed by atoms with van der Waals surface area (Å²) in [5, 5.41) is 7.46. The molecule has 0 bridgehead atoms. The molecule has 0 saturated heterocycles. The first-order chi connectivity index (χ1) is 12.3. The van der Waals surface area contributed by atoms with Gasteiger partial charge in [0.05, 0.1) is 22.3 Å². The Labute approximate surface area is 142 Å². The van der Waals surface area contributed by atoms with Gasteiger partial charge in [0, 0.05) is 0 Å². The smallest absolute Gasteiger partial charge is 0.335 e. The predicted octanol–water partition coefficient (Wildman–Crippen LogP) is 4.11. The number of aromatic amines is 1. The van der Waals surface area contributed by atoms with Gasteiger partial charge in [-0.05, 0) is 30.3 Å². The predicted molar refractivity (Wildman–Crippen MR) is 81.4 cm³/mol. The van der Waals surface area contributed by atoms with E-state index in [9.17, 15) is 22.0 Å². The molecule has 0 fully saturated rings. The maximum absolute atomic E-state index is 14.0. The lowest BCUT2D eigenvalue weighted by Crippen LogP contribution is -2.04. The molecule has 0 aliphatic heterocycles. The van der Waals surface area contributed by atoms with Gasteiger partial charge in [0.25, 0.3) is 0 Å². The second kappa shape index (κ2) is 5.61. The molecule has 132 valence electrons. The molecule has 0 unspecified atom stereocenters. The molecule has 4 aromatic rings. The Kier molecular flexibility index (Phi) is 3.49. The molecule has 0 radical (unpaired) electrons. The Morgan fingerprint density at radius 2 is 1.85 bits per heavy atom. The molecule has 5 nitrogen and oxygen atoms in total. The fourth-order valence-corrected chi connectivity index (χ4v) is 2.54. The van der Waals surface area contributed by atoms with Gasteiger partial charge in [0.2, 0.25) is 5.82 Å². The maximum Gasteiger partial charge on any atom is 0.416 e. The second-order valence-electron chi connectivity index (χ2n) is 5.41. The van der Waals surface area contributed by atoms with Crippen LogP contribution in [0.15, 0.2) is 42.7 Å². The van der Waals surface area contributed by atoms with Crippen molar-refractivity contribution < 1.29 is 22.0 Å². The van der Waals surface area contributed by atoms with Crippen LogP contribution >= 0.6 is 0 Å². The fraction of sp³-hybridized carbons (Fsp3) is 0.0625. The molecular weight excluding hydrogens is 357 g/mol. The zero-order valence-corrected chi connectivity index (χ0v) is 12.7. The molecule has 0 atom stereocenters. The van der Waals surface area contributed by atoms with E-state index >= 15 is 0 Å². The quantitative estimate of drug-likeness (QED) is 0.544. The molecule has 26 heavy (non-hydrogen) atoms. The summed E-state index contributed by atoms with van der Waals surface area (Å²) in [6.45, 7) is 0. The van der Waals surface area contributed by atoms with Gasteiger partial charge in [-0.3, -0.25) is 4.57 Å². The van der Waals surface area contributed by atoms with Gasteiger partial charge in [-0.25, -0.2) is 13.8 Å². The van der Waals surface area contributed by atoms with Crippen LogP contribution in [0.4, 0.5) is 22.0 Å². The van der Waals surface area contributed by atoms with Crippen LogP contribution in [-0.2, 0) is 6.18 Å². The van der Waals surface area contributed by atoms with E-state index in [-0.39, 0.29) is 28.4 Å². The van der Waals surface area contributed by atoms with Crippen LogP contribution in [0.25, 0.3) is 28.4 Å². The van der Waals surface area contributed by atoms with Gasteiger partial charge in [-0.15, -0.1) is 10.2 Å². The fourth-order valence-electron chi connectivity index (χ4n) is 2.54. The zero-order valence-electron chi connectivity index (χ0n) is 12.7. The molecule has 1 N–H and O–H groups in total. The van der Waals surface area contributed by atoms with Crippen molar-refractivity contribution in [2.75, 3.05) is 0 Å². The van der Waals surface area contributed by atoms with Crippen LogP contribution in [0, 0.1) is 11.6 Å². The molecule has 2 heterocycles. The van der Waals surface area contributed by atoms with Crippen molar-refractivity contribution in [3.8, 4) is 17.3 Å². The molecule has 10 heteroatoms. The van der Waals surface area contributed by atoms with Crippen LogP contribution in [0.3, 0.4) is 0 Å². The maximum atomic E-state index is 14.0. The first-order valence-corrected chi connectivity index (χ1v) is 7.26. The van der Waals surface area contributed by atoms with Crippen LogP contribution in [-0.4, -0.2) is 24.7 Å². The monoisotopic (exact) mass is 365 g/mol. The summed E-state index contributed by atoms with van der Waals surface area (Å²) >= 11 is 0. The first-order valence-electron chi connectivity index (χ1n) is 7.26. The number of imidazole rings is 1. The summed E-state index contributed by atoms with van der Waals surface area (Å²) in [4.78, 5) is 6.86. The van der Waals surface area contributed by atoms with Crippen molar-refractivity contribution in [2.45, 2.75) is 6.18 Å². The van der Waals surface area contributed by atoms with E-state index in [0.717, 1.165) is 29.1 Å². The van der Waals surface area contributed by atoms with E-state index in [1.54, 1.807) is 0 Å². The molecule has 0 aliphatic rings. The minimum absolute atomic E-state index is 0.0271. The number of benzene rings is 2. The van der Waals surface area contributed by atoms with Crippen LogP contribution < -0.4 is 0 Å². The number of nitrogens with zero attached hydrogens (tertiary/aromatic N) is 4. The van der Waals surface area contributed by atoms with Crippen LogP contribution in [0.5, 0.6) is 0 Å². The van der Waals surface area contributed by atoms with E-state index in [0.29, 0.717) is 0 Å². The lowest BCUT2D eigenvalue weighted by Gasteiger charge is -2.06. The highest BCUT2D eigenvalue weighted by atomic mass is 19.4. The highest BCUT2D eigenvalue weighted by Gasteiger charge is 2.31. The van der Waals surface area contributed by atoms with Crippen molar-refractivity contribution in [2.24, 2.45) is 0 Å². The van der Waals surface area contributed by atoms with Crippen molar-refractivity contribution >= 4 is 11.0 Å². The number of aromatic nitrogens is 5. The third kappa shape index (κ3) is 2.59. The number of alkyl halides is 3. The molecule has 0 amide bonds. The van der Waals surface area contributed by atoms with Crippen molar-refractivity contribution in [1.82, 2.24) is 24.7 Å². The summed E-state index contributed by atoms with van der Waals surface area (Å²) in [5.74, 6) is -2.06. The summed E-state index contributed by atoms with van der Waals surface area (Å²) in [6, 6.07) is 6.62. The second-order valence-corrected chi connectivity index (χ2v) is 5.41. The van der Waals surface area contributed by atoms with E-state index in [2.05, 4.69) is 20.2 Å². The Hall–Kier alpha value is -3.30. The van der Waals surface area contributed by atoms with Crippen molar-refractivity contribution in [3.63, 3.8) is 0 Å². The third-order valence-electron chi connectivity index (χ3n) is 3.76. The Bertz CT molecular complexity index is 1110. The minimum atomic E-state index is -4.50. The third-order valence-corrected chi connectivity index (χ3v) is 3.76. The normalized spacial score (nSPS) is 12.0. The molecular formula is C16H8F5N5. The highest BCUT2D eigenvalue weighted by Crippen LogP contribution is 2.31.